The first-order valence-electron chi connectivity index (χ1n) is 11.4. The predicted molar refractivity (Wildman–Crippen MR) is 144 cm³/mol. The highest BCUT2D eigenvalue weighted by atomic mass is 14.6. The van der Waals surface area contributed by atoms with Gasteiger partial charge in [0.2, 0.25) is 0 Å². The number of hydrogen-bond donors (Lipinski definition) is 0. The van der Waals surface area contributed by atoms with E-state index in [1.54, 1.807) is 0 Å². The molecule has 0 aromatic heterocycles. The molecule has 0 saturated heterocycles. The maximum Gasteiger partial charge on any atom is 0.114 e. The summed E-state index contributed by atoms with van der Waals surface area (Å²) in [5.74, 6) is 0. The minimum absolute atomic E-state index is 0.168. The van der Waals surface area contributed by atoms with Crippen molar-refractivity contribution in [1.29, 1.82) is 0 Å². The highest BCUT2D eigenvalue weighted by Gasteiger charge is 2.55. The topological polar surface area (TPSA) is 0 Å². The monoisotopic (exact) mass is 410 g/mol. The Bertz CT molecular complexity index is 1280. The van der Waals surface area contributed by atoms with E-state index in [0.717, 1.165) is 34.3 Å². The van der Waals surface area contributed by atoms with Gasteiger partial charge in [-0.05, 0) is 65.8 Å². The van der Waals surface area contributed by atoms with Gasteiger partial charge in [0, 0.05) is 10.8 Å². The first-order valence-corrected chi connectivity index (χ1v) is 11.4. The van der Waals surface area contributed by atoms with E-state index in [2.05, 4.69) is 70.2 Å². The summed E-state index contributed by atoms with van der Waals surface area (Å²) in [6.45, 7) is 17.7. The van der Waals surface area contributed by atoms with Crippen molar-refractivity contribution in [2.24, 2.45) is 5.41 Å². The zero-order valence-electron chi connectivity index (χ0n) is 20.2. The predicted octanol–water partition coefficient (Wildman–Crippen LogP) is 4.64. The molecule has 0 amide bonds. The normalized spacial score (nSPS) is 23.1. The van der Waals surface area contributed by atoms with Crippen LogP contribution in [0.1, 0.15) is 61.9 Å². The lowest BCUT2D eigenvalue weighted by Gasteiger charge is -2.45. The van der Waals surface area contributed by atoms with Crippen molar-refractivity contribution in [1.82, 2.24) is 0 Å². The molecule has 0 N–H and O–H groups in total. The molecule has 1 unspecified atom stereocenters. The molecule has 0 bridgehead atoms. The van der Waals surface area contributed by atoms with Crippen molar-refractivity contribution in [2.75, 3.05) is 0 Å². The van der Waals surface area contributed by atoms with Crippen LogP contribution >= 0.6 is 0 Å². The van der Waals surface area contributed by atoms with Crippen LogP contribution in [0.5, 0.6) is 0 Å². The number of rotatable bonds is 3. The Morgan fingerprint density at radius 1 is 0.938 bits per heavy atom. The molecule has 154 valence electrons. The quantitative estimate of drug-likeness (QED) is 0.553. The Labute approximate surface area is 197 Å². The van der Waals surface area contributed by atoms with E-state index in [9.17, 15) is 0 Å². The molecule has 0 spiro atoms. The molecule has 6 radical (unpaired) electrons. The third kappa shape index (κ3) is 2.66. The van der Waals surface area contributed by atoms with Gasteiger partial charge in [-0.3, -0.25) is 0 Å². The van der Waals surface area contributed by atoms with Gasteiger partial charge in [0.15, 0.2) is 0 Å². The van der Waals surface area contributed by atoms with Crippen LogP contribution in [0, 0.1) is 19.3 Å². The Morgan fingerprint density at radius 2 is 1.59 bits per heavy atom. The van der Waals surface area contributed by atoms with Crippen molar-refractivity contribution < 1.29 is 0 Å². The van der Waals surface area contributed by atoms with Crippen molar-refractivity contribution in [3.63, 3.8) is 0 Å². The number of hydrogen-bond acceptors (Lipinski definition) is 0. The molecule has 0 heterocycles. The maximum atomic E-state index is 6.68. The SMILES string of the molecule is [B]c1c([B])c(/C(=C/C)[C@]2(C)C(=C)c3c(ccc4ccccc34)C2(C)CC)c(C)c([B])c1C. The van der Waals surface area contributed by atoms with Gasteiger partial charge < -0.3 is 0 Å². The van der Waals surface area contributed by atoms with Crippen LogP contribution in [0.3, 0.4) is 0 Å². The molecule has 2 atom stereocenters. The third-order valence-corrected chi connectivity index (χ3v) is 8.48. The molecule has 0 saturated carbocycles. The van der Waals surface area contributed by atoms with Gasteiger partial charge in [-0.15, -0.1) is 5.46 Å². The summed E-state index contributed by atoms with van der Waals surface area (Å²) in [5.41, 5.74) is 8.98. The molecular weight excluding hydrogens is 381 g/mol. The second-order valence-corrected chi connectivity index (χ2v) is 9.57. The highest BCUT2D eigenvalue weighted by Crippen LogP contribution is 2.65. The molecule has 0 aliphatic heterocycles. The van der Waals surface area contributed by atoms with E-state index in [-0.39, 0.29) is 10.8 Å². The summed E-state index contributed by atoms with van der Waals surface area (Å²) >= 11 is 0. The van der Waals surface area contributed by atoms with Crippen LogP contribution < -0.4 is 16.4 Å². The molecule has 0 nitrogen and oxygen atoms in total. The number of fused-ring (bicyclic) bond motifs is 3. The average molecular weight is 410 g/mol. The molecule has 3 heteroatoms. The van der Waals surface area contributed by atoms with Gasteiger partial charge in [-0.25, -0.2) is 0 Å². The van der Waals surface area contributed by atoms with Crippen LogP contribution in [0.4, 0.5) is 0 Å². The standard InChI is InChI=1S/C29H29B3/c1-8-21(23-16(3)25(30)17(4)26(31)27(23)32)29(7)18(5)24-20-13-11-10-12-19(20)14-15-22(24)28(29,6)9-2/h8,10-15H,5,9H2,1-4,6-7H3/b21-8-/t28?,29-/m0/s1. The van der Waals surface area contributed by atoms with Gasteiger partial charge >= 0.3 is 0 Å². The Hall–Kier alpha value is -2.41. The van der Waals surface area contributed by atoms with Crippen LogP contribution in [0.25, 0.3) is 21.9 Å². The van der Waals surface area contributed by atoms with Gasteiger partial charge in [0.25, 0.3) is 0 Å². The van der Waals surface area contributed by atoms with Crippen molar-refractivity contribution in [3.05, 3.63) is 76.9 Å². The summed E-state index contributed by atoms with van der Waals surface area (Å²) in [4.78, 5) is 0. The van der Waals surface area contributed by atoms with E-state index < -0.39 is 0 Å². The van der Waals surface area contributed by atoms with E-state index in [1.807, 2.05) is 13.8 Å². The zero-order chi connectivity index (χ0) is 23.6. The first-order chi connectivity index (χ1) is 15.1. The lowest BCUT2D eigenvalue weighted by atomic mass is 9.56. The maximum absolute atomic E-state index is 6.68. The van der Waals surface area contributed by atoms with Crippen LogP contribution in [-0.4, -0.2) is 23.5 Å². The molecule has 4 rings (SSSR count). The van der Waals surface area contributed by atoms with Gasteiger partial charge in [-0.1, -0.05) is 91.9 Å². The minimum atomic E-state index is -0.379. The molecular formula is C29H29B3. The summed E-state index contributed by atoms with van der Waals surface area (Å²) < 4.78 is 0. The van der Waals surface area contributed by atoms with Crippen LogP contribution in [0.2, 0.25) is 0 Å². The Morgan fingerprint density at radius 3 is 2.22 bits per heavy atom. The Balaban J connectivity index is 2.09. The summed E-state index contributed by atoms with van der Waals surface area (Å²) in [5, 5.41) is 2.48. The molecule has 3 aromatic carbocycles. The van der Waals surface area contributed by atoms with Crippen LogP contribution in [-0.2, 0) is 5.41 Å². The van der Waals surface area contributed by atoms with Gasteiger partial charge in [0.05, 0.1) is 0 Å². The number of allylic oxidation sites excluding steroid dienone is 3. The largest absolute Gasteiger partial charge is 0.114 e. The molecule has 0 fully saturated rings. The van der Waals surface area contributed by atoms with Crippen LogP contribution in [0.15, 0.2) is 49.1 Å². The van der Waals surface area contributed by atoms with Crippen molar-refractivity contribution >= 4 is 61.8 Å². The molecule has 1 aliphatic carbocycles. The fourth-order valence-electron chi connectivity index (χ4n) is 6.04. The highest BCUT2D eigenvalue weighted by molar-refractivity contribution is 6.53. The summed E-state index contributed by atoms with van der Waals surface area (Å²) in [7, 11) is 19.6. The number of benzene rings is 3. The Kier molecular flexibility index (Phi) is 5.40. The minimum Gasteiger partial charge on any atom is -0.101 e. The molecule has 32 heavy (non-hydrogen) atoms. The third-order valence-electron chi connectivity index (χ3n) is 8.48. The fourth-order valence-corrected chi connectivity index (χ4v) is 6.04. The summed E-state index contributed by atoms with van der Waals surface area (Å²) in [6, 6.07) is 13.1. The van der Waals surface area contributed by atoms with Gasteiger partial charge in [-0.2, -0.15) is 0 Å². The second-order valence-electron chi connectivity index (χ2n) is 9.57. The molecule has 3 aromatic rings. The van der Waals surface area contributed by atoms with E-state index in [4.69, 9.17) is 30.1 Å². The van der Waals surface area contributed by atoms with Crippen molar-refractivity contribution in [3.8, 4) is 0 Å². The van der Waals surface area contributed by atoms with E-state index in [0.29, 0.717) is 16.4 Å². The van der Waals surface area contributed by atoms with Crippen molar-refractivity contribution in [2.45, 2.75) is 53.4 Å². The molecule has 1 aliphatic rings. The average Bonchev–Trinajstić information content (AvgIpc) is 2.98. The smallest absolute Gasteiger partial charge is 0.101 e. The lowest BCUT2D eigenvalue weighted by Crippen LogP contribution is -2.43. The second kappa shape index (κ2) is 7.58. The lowest BCUT2D eigenvalue weighted by molar-refractivity contribution is 0.311. The van der Waals surface area contributed by atoms with E-state index >= 15 is 0 Å². The zero-order valence-corrected chi connectivity index (χ0v) is 20.2. The van der Waals surface area contributed by atoms with E-state index in [1.165, 1.54) is 21.9 Å². The summed E-state index contributed by atoms with van der Waals surface area (Å²) in [6.07, 6.45) is 3.14. The first kappa shape index (κ1) is 22.8. The van der Waals surface area contributed by atoms with Gasteiger partial charge in [0.1, 0.15) is 23.5 Å². The fraction of sp³-hybridized carbons (Fsp3) is 0.310.